The van der Waals surface area contributed by atoms with Gasteiger partial charge in [-0.25, -0.2) is 0 Å². The van der Waals surface area contributed by atoms with E-state index < -0.39 is 5.97 Å². The third-order valence-corrected chi connectivity index (χ3v) is 5.39. The van der Waals surface area contributed by atoms with E-state index >= 15 is 0 Å². The highest BCUT2D eigenvalue weighted by Gasteiger charge is 2.30. The lowest BCUT2D eigenvalue weighted by Crippen LogP contribution is -2.34. The number of amides is 1. The topological polar surface area (TPSA) is 55.8 Å². The van der Waals surface area contributed by atoms with Crippen LogP contribution < -0.4 is 4.74 Å². The molecule has 1 aliphatic rings. The first kappa shape index (κ1) is 19.4. The van der Waals surface area contributed by atoms with Gasteiger partial charge in [0, 0.05) is 11.4 Å². The number of benzene rings is 1. The number of nitrogens with zero attached hydrogens (tertiary/aromatic N) is 1. The molecule has 144 valence electrons. The van der Waals surface area contributed by atoms with Gasteiger partial charge >= 0.3 is 5.97 Å². The second-order valence-corrected chi connectivity index (χ2v) is 7.89. The predicted octanol–water partition coefficient (Wildman–Crippen LogP) is 3.98. The zero-order valence-corrected chi connectivity index (χ0v) is 16.5. The number of hydrogen-bond acceptors (Lipinski definition) is 5. The summed E-state index contributed by atoms with van der Waals surface area (Å²) in [7, 11) is 0. The molecule has 1 fully saturated rings. The van der Waals surface area contributed by atoms with Crippen molar-refractivity contribution in [3.8, 4) is 5.75 Å². The van der Waals surface area contributed by atoms with Crippen LogP contribution in [0.1, 0.15) is 43.2 Å². The quantitative estimate of drug-likeness (QED) is 0.674. The highest BCUT2D eigenvalue weighted by atomic mass is 32.1. The summed E-state index contributed by atoms with van der Waals surface area (Å²) < 4.78 is 10.9. The fourth-order valence-electron chi connectivity index (χ4n) is 3.29. The molecule has 6 heteroatoms. The summed E-state index contributed by atoms with van der Waals surface area (Å²) in [5.41, 5.74) is 0.809. The second-order valence-electron chi connectivity index (χ2n) is 6.91. The lowest BCUT2D eigenvalue weighted by atomic mass is 10.1. The van der Waals surface area contributed by atoms with Crippen molar-refractivity contribution in [3.63, 3.8) is 0 Å². The Hall–Kier alpha value is -2.34. The molecule has 1 amide bonds. The number of thiophene rings is 1. The van der Waals surface area contributed by atoms with Crippen molar-refractivity contribution in [1.29, 1.82) is 0 Å². The molecule has 5 nitrogen and oxygen atoms in total. The fraction of sp³-hybridized carbons (Fsp3) is 0.429. The molecule has 0 N–H and O–H groups in total. The van der Waals surface area contributed by atoms with Gasteiger partial charge in [0.15, 0.2) is 6.61 Å². The van der Waals surface area contributed by atoms with Gasteiger partial charge in [0.1, 0.15) is 5.75 Å². The minimum absolute atomic E-state index is 0.0709. The van der Waals surface area contributed by atoms with E-state index in [4.69, 9.17) is 9.47 Å². The van der Waals surface area contributed by atoms with E-state index in [1.807, 2.05) is 54.5 Å². The van der Waals surface area contributed by atoms with Gasteiger partial charge < -0.3 is 14.4 Å². The Morgan fingerprint density at radius 2 is 2.11 bits per heavy atom. The van der Waals surface area contributed by atoms with E-state index in [1.54, 1.807) is 11.3 Å². The van der Waals surface area contributed by atoms with E-state index in [1.165, 1.54) is 4.88 Å². The van der Waals surface area contributed by atoms with E-state index in [2.05, 4.69) is 6.07 Å². The maximum atomic E-state index is 12.5. The minimum atomic E-state index is -0.406. The third-order valence-electron chi connectivity index (χ3n) is 4.42. The van der Waals surface area contributed by atoms with Crippen molar-refractivity contribution in [3.05, 3.63) is 52.2 Å². The van der Waals surface area contributed by atoms with Crippen LogP contribution in [0, 0.1) is 0 Å². The number of esters is 1. The van der Waals surface area contributed by atoms with Crippen molar-refractivity contribution >= 4 is 23.2 Å². The van der Waals surface area contributed by atoms with E-state index in [0.29, 0.717) is 6.54 Å². The summed E-state index contributed by atoms with van der Waals surface area (Å²) >= 11 is 1.66. The molecular weight excluding hydrogens is 362 g/mol. The normalized spacial score (nSPS) is 16.6. The van der Waals surface area contributed by atoms with E-state index in [-0.39, 0.29) is 31.1 Å². The monoisotopic (exact) mass is 387 g/mol. The number of ether oxygens (including phenoxy) is 2. The molecule has 0 spiro atoms. The van der Waals surface area contributed by atoms with Crippen LogP contribution >= 0.6 is 11.3 Å². The van der Waals surface area contributed by atoms with Crippen LogP contribution in [0.15, 0.2) is 41.8 Å². The third kappa shape index (κ3) is 5.32. The van der Waals surface area contributed by atoms with Gasteiger partial charge in [-0.15, -0.1) is 11.3 Å². The van der Waals surface area contributed by atoms with Gasteiger partial charge in [-0.2, -0.15) is 0 Å². The molecule has 2 aromatic rings. The molecule has 0 bridgehead atoms. The van der Waals surface area contributed by atoms with Crippen LogP contribution in [0.3, 0.4) is 0 Å². The first-order valence-corrected chi connectivity index (χ1v) is 10.1. The second kappa shape index (κ2) is 9.04. The van der Waals surface area contributed by atoms with Crippen molar-refractivity contribution < 1.29 is 19.1 Å². The van der Waals surface area contributed by atoms with Gasteiger partial charge in [-0.1, -0.05) is 18.2 Å². The molecule has 0 aliphatic carbocycles. The number of carbonyl (C=O) groups is 2. The molecule has 1 aliphatic heterocycles. The van der Waals surface area contributed by atoms with Gasteiger partial charge in [0.2, 0.25) is 0 Å². The summed E-state index contributed by atoms with van der Waals surface area (Å²) in [6.45, 7) is 4.42. The first-order chi connectivity index (χ1) is 13.0. The molecule has 3 rings (SSSR count). The zero-order chi connectivity index (χ0) is 19.2. The molecule has 1 saturated heterocycles. The fourth-order valence-corrected chi connectivity index (χ4v) is 4.16. The molecule has 1 aromatic carbocycles. The highest BCUT2D eigenvalue weighted by molar-refractivity contribution is 7.10. The van der Waals surface area contributed by atoms with Crippen molar-refractivity contribution in [2.75, 3.05) is 13.2 Å². The van der Waals surface area contributed by atoms with Crippen LogP contribution in [0.4, 0.5) is 0 Å². The van der Waals surface area contributed by atoms with Crippen molar-refractivity contribution in [1.82, 2.24) is 4.90 Å². The van der Waals surface area contributed by atoms with Gasteiger partial charge in [0.05, 0.1) is 18.6 Å². The van der Waals surface area contributed by atoms with Crippen molar-refractivity contribution in [2.45, 2.75) is 45.3 Å². The Morgan fingerprint density at radius 1 is 1.26 bits per heavy atom. The average Bonchev–Trinajstić information content (AvgIpc) is 3.30. The predicted molar refractivity (Wildman–Crippen MR) is 105 cm³/mol. The van der Waals surface area contributed by atoms with E-state index in [0.717, 1.165) is 24.2 Å². The minimum Gasteiger partial charge on any atom is -0.491 e. The van der Waals surface area contributed by atoms with Crippen LogP contribution in [0.25, 0.3) is 0 Å². The number of rotatable bonds is 7. The molecule has 0 radical (unpaired) electrons. The molecular formula is C21H25NO4S. The van der Waals surface area contributed by atoms with Crippen molar-refractivity contribution in [2.24, 2.45) is 0 Å². The molecule has 1 unspecified atom stereocenters. The molecule has 2 heterocycles. The molecule has 0 saturated carbocycles. The Balaban J connectivity index is 1.51. The van der Waals surface area contributed by atoms with Crippen LogP contribution in [0.5, 0.6) is 5.75 Å². The first-order valence-electron chi connectivity index (χ1n) is 9.27. The summed E-state index contributed by atoms with van der Waals surface area (Å²) in [6, 6.07) is 11.6. The Kier molecular flexibility index (Phi) is 6.50. The van der Waals surface area contributed by atoms with Crippen LogP contribution in [-0.2, 0) is 20.7 Å². The summed E-state index contributed by atoms with van der Waals surface area (Å²) in [5.74, 6) is 0.190. The SMILES string of the molecule is CC(C)Oc1cccc(CC(=O)OCC(=O)N2CCCC2c2cccs2)c1. The van der Waals surface area contributed by atoms with Gasteiger partial charge in [-0.3, -0.25) is 9.59 Å². The molecule has 1 aromatic heterocycles. The number of hydrogen-bond donors (Lipinski definition) is 0. The Labute approximate surface area is 163 Å². The zero-order valence-electron chi connectivity index (χ0n) is 15.7. The van der Waals surface area contributed by atoms with Crippen LogP contribution in [0.2, 0.25) is 0 Å². The Morgan fingerprint density at radius 3 is 2.85 bits per heavy atom. The van der Waals surface area contributed by atoms with Gasteiger partial charge in [0.25, 0.3) is 5.91 Å². The molecule has 1 atom stereocenters. The number of likely N-dealkylation sites (tertiary alicyclic amines) is 1. The standard InChI is InChI=1S/C21H25NO4S/c1-15(2)26-17-7-3-6-16(12-17)13-21(24)25-14-20(23)22-10-4-8-18(22)19-9-5-11-27-19/h3,5-7,9,11-12,15,18H,4,8,10,13-14H2,1-2H3. The van der Waals surface area contributed by atoms with E-state index in [9.17, 15) is 9.59 Å². The number of carbonyl (C=O) groups excluding carboxylic acids is 2. The largest absolute Gasteiger partial charge is 0.491 e. The summed E-state index contributed by atoms with van der Waals surface area (Å²) in [4.78, 5) is 27.7. The average molecular weight is 388 g/mol. The smallest absolute Gasteiger partial charge is 0.310 e. The highest BCUT2D eigenvalue weighted by Crippen LogP contribution is 2.34. The lowest BCUT2D eigenvalue weighted by Gasteiger charge is -2.23. The maximum Gasteiger partial charge on any atom is 0.310 e. The van der Waals surface area contributed by atoms with Gasteiger partial charge in [-0.05, 0) is 55.8 Å². The maximum absolute atomic E-state index is 12.5. The summed E-state index contributed by atoms with van der Waals surface area (Å²) in [5, 5.41) is 2.02. The lowest BCUT2D eigenvalue weighted by molar-refractivity contribution is -0.151. The van der Waals surface area contributed by atoms with Crippen LogP contribution in [-0.4, -0.2) is 36.0 Å². The summed E-state index contributed by atoms with van der Waals surface area (Å²) in [6.07, 6.45) is 2.13. The Bertz CT molecular complexity index is 772. The molecule has 27 heavy (non-hydrogen) atoms.